The smallest absolute Gasteiger partial charge is 0.239 e. The first-order valence-corrected chi connectivity index (χ1v) is 5.33. The SMILES string of the molecule is Cc1cc(N)cc(Cl)c1S(N)(=O)=O. The number of sulfonamides is 1. The highest BCUT2D eigenvalue weighted by Gasteiger charge is 2.16. The second kappa shape index (κ2) is 3.17. The van der Waals surface area contributed by atoms with Crippen LogP contribution in [0.15, 0.2) is 17.0 Å². The van der Waals surface area contributed by atoms with Gasteiger partial charge in [-0.3, -0.25) is 0 Å². The van der Waals surface area contributed by atoms with Crippen LogP contribution in [0.25, 0.3) is 0 Å². The summed E-state index contributed by atoms with van der Waals surface area (Å²) in [5.41, 5.74) is 6.31. The van der Waals surface area contributed by atoms with E-state index in [2.05, 4.69) is 0 Å². The van der Waals surface area contributed by atoms with E-state index in [1.165, 1.54) is 12.1 Å². The summed E-state index contributed by atoms with van der Waals surface area (Å²) in [7, 11) is -3.77. The van der Waals surface area contributed by atoms with Gasteiger partial charge in [-0.25, -0.2) is 13.6 Å². The summed E-state index contributed by atoms with van der Waals surface area (Å²) in [5, 5.41) is 5.01. The Morgan fingerprint density at radius 1 is 1.38 bits per heavy atom. The third-order valence-electron chi connectivity index (χ3n) is 1.54. The van der Waals surface area contributed by atoms with E-state index in [1.54, 1.807) is 6.92 Å². The number of halogens is 1. The van der Waals surface area contributed by atoms with E-state index in [4.69, 9.17) is 22.5 Å². The van der Waals surface area contributed by atoms with Crippen molar-refractivity contribution in [3.05, 3.63) is 22.7 Å². The molecule has 13 heavy (non-hydrogen) atoms. The fraction of sp³-hybridized carbons (Fsp3) is 0.143. The second-order valence-corrected chi connectivity index (χ2v) is 4.60. The number of hydrogen-bond acceptors (Lipinski definition) is 3. The van der Waals surface area contributed by atoms with Crippen LogP contribution >= 0.6 is 11.6 Å². The van der Waals surface area contributed by atoms with Crippen molar-refractivity contribution in [2.24, 2.45) is 5.14 Å². The molecule has 0 saturated carbocycles. The van der Waals surface area contributed by atoms with E-state index >= 15 is 0 Å². The normalized spacial score (nSPS) is 11.6. The maximum absolute atomic E-state index is 11.0. The molecular weight excluding hydrogens is 212 g/mol. The third kappa shape index (κ3) is 2.12. The molecule has 0 radical (unpaired) electrons. The zero-order valence-corrected chi connectivity index (χ0v) is 8.48. The van der Waals surface area contributed by atoms with Crippen molar-refractivity contribution in [1.82, 2.24) is 0 Å². The fourth-order valence-corrected chi connectivity index (χ4v) is 2.55. The number of nitrogen functional groups attached to an aromatic ring is 1. The van der Waals surface area contributed by atoms with Crippen LogP contribution in [-0.4, -0.2) is 8.42 Å². The Kier molecular flexibility index (Phi) is 2.51. The summed E-state index contributed by atoms with van der Waals surface area (Å²) in [4.78, 5) is -0.0663. The van der Waals surface area contributed by atoms with E-state index < -0.39 is 10.0 Å². The van der Waals surface area contributed by atoms with Gasteiger partial charge < -0.3 is 5.73 Å². The number of anilines is 1. The molecule has 0 saturated heterocycles. The minimum atomic E-state index is -3.77. The minimum absolute atomic E-state index is 0.0556. The van der Waals surface area contributed by atoms with Crippen LogP contribution in [0.1, 0.15) is 5.56 Å². The summed E-state index contributed by atoms with van der Waals surface area (Å²) in [5.74, 6) is 0. The number of rotatable bonds is 1. The lowest BCUT2D eigenvalue weighted by Crippen LogP contribution is -2.14. The molecule has 4 nitrogen and oxygen atoms in total. The summed E-state index contributed by atoms with van der Waals surface area (Å²) in [6.45, 7) is 1.59. The molecule has 0 bridgehead atoms. The van der Waals surface area contributed by atoms with Crippen LogP contribution in [-0.2, 0) is 10.0 Å². The van der Waals surface area contributed by atoms with Gasteiger partial charge in [0, 0.05) is 5.69 Å². The largest absolute Gasteiger partial charge is 0.399 e. The van der Waals surface area contributed by atoms with Gasteiger partial charge in [-0.2, -0.15) is 0 Å². The Morgan fingerprint density at radius 2 is 1.92 bits per heavy atom. The highest BCUT2D eigenvalue weighted by molar-refractivity contribution is 7.89. The molecule has 1 aromatic rings. The van der Waals surface area contributed by atoms with E-state index in [0.29, 0.717) is 11.3 Å². The Morgan fingerprint density at radius 3 is 2.31 bits per heavy atom. The minimum Gasteiger partial charge on any atom is -0.399 e. The number of nitrogens with two attached hydrogens (primary N) is 2. The van der Waals surface area contributed by atoms with Crippen molar-refractivity contribution < 1.29 is 8.42 Å². The first-order chi connectivity index (χ1) is 5.82. The summed E-state index contributed by atoms with van der Waals surface area (Å²) in [6.07, 6.45) is 0. The topological polar surface area (TPSA) is 86.2 Å². The van der Waals surface area contributed by atoms with Gasteiger partial charge in [-0.15, -0.1) is 0 Å². The quantitative estimate of drug-likeness (QED) is 0.689. The predicted molar refractivity (Wildman–Crippen MR) is 52.0 cm³/mol. The van der Waals surface area contributed by atoms with Crippen molar-refractivity contribution in [2.75, 3.05) is 5.73 Å². The second-order valence-electron chi connectivity index (χ2n) is 2.69. The zero-order chi connectivity index (χ0) is 10.2. The number of benzene rings is 1. The van der Waals surface area contributed by atoms with E-state index in [9.17, 15) is 8.42 Å². The summed E-state index contributed by atoms with van der Waals surface area (Å²) in [6, 6.07) is 2.86. The number of aryl methyl sites for hydroxylation is 1. The summed E-state index contributed by atoms with van der Waals surface area (Å²) >= 11 is 5.68. The Labute approximate surface area is 81.5 Å². The molecule has 0 fully saturated rings. The van der Waals surface area contributed by atoms with Crippen LogP contribution < -0.4 is 10.9 Å². The van der Waals surface area contributed by atoms with Crippen molar-refractivity contribution >= 4 is 27.3 Å². The van der Waals surface area contributed by atoms with Gasteiger partial charge in [0.15, 0.2) is 0 Å². The van der Waals surface area contributed by atoms with Gasteiger partial charge in [0.25, 0.3) is 0 Å². The lowest BCUT2D eigenvalue weighted by molar-refractivity contribution is 0.597. The van der Waals surface area contributed by atoms with E-state index in [1.807, 2.05) is 0 Å². The number of primary sulfonamides is 1. The molecule has 0 heterocycles. The lowest BCUT2D eigenvalue weighted by atomic mass is 10.2. The molecule has 0 aromatic heterocycles. The Hall–Kier alpha value is -0.780. The molecule has 0 unspecified atom stereocenters. The van der Waals surface area contributed by atoms with Crippen molar-refractivity contribution in [1.29, 1.82) is 0 Å². The van der Waals surface area contributed by atoms with Crippen LogP contribution in [0.2, 0.25) is 5.02 Å². The molecule has 0 atom stereocenters. The van der Waals surface area contributed by atoms with Gasteiger partial charge in [-0.1, -0.05) is 11.6 Å². The molecule has 4 N–H and O–H groups in total. The van der Waals surface area contributed by atoms with E-state index in [-0.39, 0.29) is 9.92 Å². The molecule has 72 valence electrons. The molecule has 6 heteroatoms. The van der Waals surface area contributed by atoms with Crippen LogP contribution in [0, 0.1) is 6.92 Å². The average molecular weight is 221 g/mol. The molecule has 0 amide bonds. The van der Waals surface area contributed by atoms with Crippen molar-refractivity contribution in [3.63, 3.8) is 0 Å². The third-order valence-corrected chi connectivity index (χ3v) is 3.06. The number of hydrogen-bond donors (Lipinski definition) is 2. The first kappa shape index (κ1) is 10.3. The molecule has 1 rings (SSSR count). The summed E-state index contributed by atoms with van der Waals surface area (Å²) < 4.78 is 22.1. The predicted octanol–water partition coefficient (Wildman–Crippen LogP) is 0.878. The van der Waals surface area contributed by atoms with Gasteiger partial charge >= 0.3 is 0 Å². The molecule has 0 aliphatic heterocycles. The van der Waals surface area contributed by atoms with E-state index in [0.717, 1.165) is 0 Å². The van der Waals surface area contributed by atoms with Crippen LogP contribution in [0.4, 0.5) is 5.69 Å². The maximum atomic E-state index is 11.0. The lowest BCUT2D eigenvalue weighted by Gasteiger charge is -2.06. The standard InChI is InChI=1S/C7H9ClN2O2S/c1-4-2-5(9)3-6(8)7(4)13(10,11)12/h2-3H,9H2,1H3,(H2,10,11,12). The van der Waals surface area contributed by atoms with Gasteiger partial charge in [0.05, 0.1) is 5.02 Å². The van der Waals surface area contributed by atoms with Crippen LogP contribution in [0.3, 0.4) is 0 Å². The molecule has 0 aliphatic carbocycles. The Balaban J connectivity index is 3.57. The van der Waals surface area contributed by atoms with Crippen molar-refractivity contribution in [2.45, 2.75) is 11.8 Å². The highest BCUT2D eigenvalue weighted by atomic mass is 35.5. The monoisotopic (exact) mass is 220 g/mol. The molecular formula is C7H9ClN2O2S. The first-order valence-electron chi connectivity index (χ1n) is 3.41. The Bertz CT molecular complexity index is 419. The van der Waals surface area contributed by atoms with Crippen molar-refractivity contribution in [3.8, 4) is 0 Å². The van der Waals surface area contributed by atoms with Gasteiger partial charge in [0.1, 0.15) is 4.90 Å². The fourth-order valence-electron chi connectivity index (χ4n) is 1.12. The zero-order valence-electron chi connectivity index (χ0n) is 6.91. The highest BCUT2D eigenvalue weighted by Crippen LogP contribution is 2.26. The van der Waals surface area contributed by atoms with Gasteiger partial charge in [0.2, 0.25) is 10.0 Å². The molecule has 0 spiro atoms. The maximum Gasteiger partial charge on any atom is 0.239 e. The van der Waals surface area contributed by atoms with Gasteiger partial charge in [-0.05, 0) is 24.6 Å². The average Bonchev–Trinajstić information content (AvgIpc) is 1.78. The molecule has 1 aromatic carbocycles. The van der Waals surface area contributed by atoms with Crippen LogP contribution in [0.5, 0.6) is 0 Å². The molecule has 0 aliphatic rings.